The van der Waals surface area contributed by atoms with Gasteiger partial charge in [-0.1, -0.05) is 12.5 Å². The van der Waals surface area contributed by atoms with Gasteiger partial charge < -0.3 is 11.1 Å². The number of benzene rings is 1. The standard InChI is InChI=1S/C17H27N3O3S/c1-13-7-8-14(24(22,23)20-9-5-4-6-10-20)11-15(13)16(21)19-12-17(2,3)18/h7-8,11H,4-6,9-10,12,18H2,1-3H3,(H,19,21). The van der Waals surface area contributed by atoms with Crippen molar-refractivity contribution in [3.8, 4) is 0 Å². The molecule has 1 heterocycles. The summed E-state index contributed by atoms with van der Waals surface area (Å²) in [5, 5.41) is 2.77. The third-order valence-corrected chi connectivity index (χ3v) is 6.01. The molecule has 1 aromatic carbocycles. The van der Waals surface area contributed by atoms with Crippen LogP contribution in [0.1, 0.15) is 49.0 Å². The smallest absolute Gasteiger partial charge is 0.251 e. The minimum absolute atomic E-state index is 0.173. The normalized spacial score (nSPS) is 16.8. The van der Waals surface area contributed by atoms with Gasteiger partial charge >= 0.3 is 0 Å². The zero-order chi connectivity index (χ0) is 18.0. The number of amides is 1. The van der Waals surface area contributed by atoms with E-state index in [0.29, 0.717) is 25.2 Å². The van der Waals surface area contributed by atoms with Crippen LogP contribution in [0.4, 0.5) is 0 Å². The molecule has 0 atom stereocenters. The van der Waals surface area contributed by atoms with Crippen molar-refractivity contribution in [2.75, 3.05) is 19.6 Å². The molecule has 0 spiro atoms. The molecule has 3 N–H and O–H groups in total. The third-order valence-electron chi connectivity index (χ3n) is 4.11. The number of rotatable bonds is 5. The third kappa shape index (κ3) is 4.55. The second-order valence-electron chi connectivity index (χ2n) is 7.11. The molecule has 1 amide bonds. The van der Waals surface area contributed by atoms with E-state index in [1.807, 2.05) is 13.8 Å². The largest absolute Gasteiger partial charge is 0.350 e. The van der Waals surface area contributed by atoms with Crippen LogP contribution >= 0.6 is 0 Å². The van der Waals surface area contributed by atoms with Crippen LogP contribution in [0, 0.1) is 6.92 Å². The van der Waals surface area contributed by atoms with E-state index < -0.39 is 15.6 Å². The van der Waals surface area contributed by atoms with Crippen LogP contribution in [0.2, 0.25) is 0 Å². The van der Waals surface area contributed by atoms with Gasteiger partial charge in [0.05, 0.1) is 4.90 Å². The lowest BCUT2D eigenvalue weighted by Crippen LogP contribution is -2.45. The summed E-state index contributed by atoms with van der Waals surface area (Å²) in [5.74, 6) is -0.304. The van der Waals surface area contributed by atoms with Gasteiger partial charge in [-0.2, -0.15) is 4.31 Å². The highest BCUT2D eigenvalue weighted by atomic mass is 32.2. The maximum Gasteiger partial charge on any atom is 0.251 e. The Labute approximate surface area is 144 Å². The molecule has 0 bridgehead atoms. The van der Waals surface area contributed by atoms with Gasteiger partial charge in [0.1, 0.15) is 0 Å². The number of carbonyl (C=O) groups is 1. The first kappa shape index (κ1) is 18.9. The fourth-order valence-corrected chi connectivity index (χ4v) is 4.21. The number of aryl methyl sites for hydroxylation is 1. The monoisotopic (exact) mass is 353 g/mol. The Morgan fingerprint density at radius 2 is 1.88 bits per heavy atom. The first-order valence-electron chi connectivity index (χ1n) is 8.29. The van der Waals surface area contributed by atoms with Gasteiger partial charge in [-0.3, -0.25) is 4.79 Å². The minimum Gasteiger partial charge on any atom is -0.350 e. The number of nitrogens with zero attached hydrogens (tertiary/aromatic N) is 1. The molecule has 0 unspecified atom stereocenters. The van der Waals surface area contributed by atoms with E-state index in [9.17, 15) is 13.2 Å². The summed E-state index contributed by atoms with van der Waals surface area (Å²) in [6, 6.07) is 4.72. The number of sulfonamides is 1. The maximum absolute atomic E-state index is 12.8. The first-order valence-corrected chi connectivity index (χ1v) is 9.73. The molecule has 7 heteroatoms. The molecule has 1 aliphatic rings. The lowest BCUT2D eigenvalue weighted by atomic mass is 10.1. The second kappa shape index (κ2) is 7.21. The molecule has 1 aromatic rings. The summed E-state index contributed by atoms with van der Waals surface area (Å²) in [7, 11) is -3.55. The molecule has 2 rings (SSSR count). The zero-order valence-electron chi connectivity index (χ0n) is 14.6. The summed E-state index contributed by atoms with van der Waals surface area (Å²) >= 11 is 0. The van der Waals surface area contributed by atoms with Gasteiger partial charge in [0.25, 0.3) is 5.91 Å². The number of piperidine rings is 1. The van der Waals surface area contributed by atoms with Gasteiger partial charge in [0.15, 0.2) is 0 Å². The summed E-state index contributed by atoms with van der Waals surface area (Å²) in [6.45, 7) is 6.82. The first-order chi connectivity index (χ1) is 11.1. The van der Waals surface area contributed by atoms with E-state index in [2.05, 4.69) is 5.32 Å². The Bertz CT molecular complexity index is 702. The highest BCUT2D eigenvalue weighted by Gasteiger charge is 2.27. The molecule has 1 fully saturated rings. The van der Waals surface area contributed by atoms with E-state index in [1.54, 1.807) is 19.1 Å². The maximum atomic E-state index is 12.8. The summed E-state index contributed by atoms with van der Waals surface area (Å²) in [4.78, 5) is 12.6. The number of nitrogens with two attached hydrogens (primary N) is 1. The van der Waals surface area contributed by atoms with Crippen molar-refractivity contribution in [3.05, 3.63) is 29.3 Å². The molecule has 24 heavy (non-hydrogen) atoms. The summed E-state index contributed by atoms with van der Waals surface area (Å²) in [5.41, 5.74) is 6.46. The lowest BCUT2D eigenvalue weighted by molar-refractivity contribution is 0.0945. The Morgan fingerprint density at radius 3 is 2.46 bits per heavy atom. The molecule has 1 aliphatic heterocycles. The van der Waals surface area contributed by atoms with Gasteiger partial charge in [-0.15, -0.1) is 0 Å². The predicted octanol–water partition coefficient (Wildman–Crippen LogP) is 1.64. The van der Waals surface area contributed by atoms with Crippen LogP contribution in [-0.2, 0) is 10.0 Å². The van der Waals surface area contributed by atoms with Crippen molar-refractivity contribution in [2.45, 2.75) is 50.5 Å². The van der Waals surface area contributed by atoms with E-state index >= 15 is 0 Å². The fraction of sp³-hybridized carbons (Fsp3) is 0.588. The van der Waals surface area contributed by atoms with Crippen LogP contribution < -0.4 is 11.1 Å². The highest BCUT2D eigenvalue weighted by molar-refractivity contribution is 7.89. The van der Waals surface area contributed by atoms with Crippen LogP contribution in [-0.4, -0.2) is 43.8 Å². The van der Waals surface area contributed by atoms with Crippen molar-refractivity contribution < 1.29 is 13.2 Å². The van der Waals surface area contributed by atoms with Crippen LogP contribution in [0.5, 0.6) is 0 Å². The Kier molecular flexibility index (Phi) is 5.67. The zero-order valence-corrected chi connectivity index (χ0v) is 15.4. The van der Waals surface area contributed by atoms with Gasteiger partial charge in [-0.25, -0.2) is 8.42 Å². The van der Waals surface area contributed by atoms with Crippen LogP contribution in [0.25, 0.3) is 0 Å². The van der Waals surface area contributed by atoms with E-state index in [-0.39, 0.29) is 10.8 Å². The minimum atomic E-state index is -3.55. The molecule has 0 aromatic heterocycles. The van der Waals surface area contributed by atoms with Crippen molar-refractivity contribution in [2.24, 2.45) is 5.73 Å². The quantitative estimate of drug-likeness (QED) is 0.841. The Hall–Kier alpha value is -1.44. The van der Waals surface area contributed by atoms with Gasteiger partial charge in [0.2, 0.25) is 10.0 Å². The van der Waals surface area contributed by atoms with Crippen molar-refractivity contribution in [1.82, 2.24) is 9.62 Å². The number of hydrogen-bond acceptors (Lipinski definition) is 4. The summed E-state index contributed by atoms with van der Waals surface area (Å²) in [6.07, 6.45) is 2.82. The average molecular weight is 353 g/mol. The number of carbonyl (C=O) groups excluding carboxylic acids is 1. The Morgan fingerprint density at radius 1 is 1.25 bits per heavy atom. The highest BCUT2D eigenvalue weighted by Crippen LogP contribution is 2.22. The van der Waals surface area contributed by atoms with Crippen molar-refractivity contribution in [1.29, 1.82) is 0 Å². The number of hydrogen-bond donors (Lipinski definition) is 2. The SMILES string of the molecule is Cc1ccc(S(=O)(=O)N2CCCCC2)cc1C(=O)NCC(C)(C)N. The van der Waals surface area contributed by atoms with Crippen molar-refractivity contribution >= 4 is 15.9 Å². The molecule has 6 nitrogen and oxygen atoms in total. The molecule has 134 valence electrons. The van der Waals surface area contributed by atoms with E-state index in [4.69, 9.17) is 5.73 Å². The fourth-order valence-electron chi connectivity index (χ4n) is 2.66. The Balaban J connectivity index is 2.26. The van der Waals surface area contributed by atoms with E-state index in [0.717, 1.165) is 24.8 Å². The van der Waals surface area contributed by atoms with Crippen LogP contribution in [0.15, 0.2) is 23.1 Å². The number of nitrogens with one attached hydrogen (secondary N) is 1. The lowest BCUT2D eigenvalue weighted by Gasteiger charge is -2.26. The molecule has 0 aliphatic carbocycles. The molecule has 1 saturated heterocycles. The van der Waals surface area contributed by atoms with Crippen molar-refractivity contribution in [3.63, 3.8) is 0 Å². The predicted molar refractivity (Wildman–Crippen MR) is 94.4 cm³/mol. The topological polar surface area (TPSA) is 92.5 Å². The van der Waals surface area contributed by atoms with E-state index in [1.165, 1.54) is 10.4 Å². The summed E-state index contributed by atoms with van der Waals surface area (Å²) < 4.78 is 27.0. The molecular formula is C17H27N3O3S. The average Bonchev–Trinajstić information content (AvgIpc) is 2.53. The van der Waals surface area contributed by atoms with Gasteiger partial charge in [-0.05, 0) is 51.3 Å². The molecule has 0 saturated carbocycles. The van der Waals surface area contributed by atoms with Gasteiger partial charge in [0, 0.05) is 30.7 Å². The molecule has 0 radical (unpaired) electrons. The second-order valence-corrected chi connectivity index (χ2v) is 9.05. The molecular weight excluding hydrogens is 326 g/mol. The van der Waals surface area contributed by atoms with Crippen LogP contribution in [0.3, 0.4) is 0 Å².